The van der Waals surface area contributed by atoms with Gasteiger partial charge in [0.15, 0.2) is 5.82 Å². The van der Waals surface area contributed by atoms with Crippen molar-refractivity contribution in [1.29, 1.82) is 0 Å². The standard InChI is InChI=1S/C18H22N4/c1-3-4-11-22-12-10-16-17(22)18(21-14(2)20-16)19-13-15-8-6-5-7-9-15/h5-10,12H,3-4,11,13H2,1-2H3,(H,19,20,21). The molecule has 1 N–H and O–H groups in total. The Labute approximate surface area is 131 Å². The number of nitrogens with zero attached hydrogens (tertiary/aromatic N) is 3. The number of fused-ring (bicyclic) bond motifs is 1. The van der Waals surface area contributed by atoms with E-state index in [-0.39, 0.29) is 0 Å². The summed E-state index contributed by atoms with van der Waals surface area (Å²) in [6.45, 7) is 5.93. The van der Waals surface area contributed by atoms with E-state index in [0.717, 1.165) is 42.2 Å². The molecular weight excluding hydrogens is 272 g/mol. The molecule has 1 aromatic carbocycles. The van der Waals surface area contributed by atoms with Crippen LogP contribution in [-0.2, 0) is 13.1 Å². The Hall–Kier alpha value is -2.36. The minimum Gasteiger partial charge on any atom is -0.364 e. The summed E-state index contributed by atoms with van der Waals surface area (Å²) >= 11 is 0. The Morgan fingerprint density at radius 1 is 1.09 bits per heavy atom. The molecule has 0 spiro atoms. The first-order chi connectivity index (χ1) is 10.8. The van der Waals surface area contributed by atoms with E-state index in [4.69, 9.17) is 0 Å². The highest BCUT2D eigenvalue weighted by Gasteiger charge is 2.10. The highest BCUT2D eigenvalue weighted by molar-refractivity contribution is 5.86. The van der Waals surface area contributed by atoms with Crippen LogP contribution in [-0.4, -0.2) is 14.5 Å². The van der Waals surface area contributed by atoms with Crippen LogP contribution in [0.4, 0.5) is 5.82 Å². The number of hydrogen-bond donors (Lipinski definition) is 1. The summed E-state index contributed by atoms with van der Waals surface area (Å²) < 4.78 is 2.26. The molecular formula is C18H22N4. The van der Waals surface area contributed by atoms with Gasteiger partial charge in [0.1, 0.15) is 11.3 Å². The van der Waals surface area contributed by atoms with Crippen molar-refractivity contribution < 1.29 is 0 Å². The summed E-state index contributed by atoms with van der Waals surface area (Å²) in [4.78, 5) is 9.16. The summed E-state index contributed by atoms with van der Waals surface area (Å²) in [6.07, 6.45) is 4.46. The maximum Gasteiger partial charge on any atom is 0.154 e. The van der Waals surface area contributed by atoms with Crippen LogP contribution in [0.2, 0.25) is 0 Å². The van der Waals surface area contributed by atoms with Gasteiger partial charge < -0.3 is 9.88 Å². The lowest BCUT2D eigenvalue weighted by Crippen LogP contribution is -2.06. The Morgan fingerprint density at radius 3 is 2.68 bits per heavy atom. The molecule has 22 heavy (non-hydrogen) atoms. The van der Waals surface area contributed by atoms with E-state index in [1.54, 1.807) is 0 Å². The number of unbranched alkanes of at least 4 members (excludes halogenated alkanes) is 1. The summed E-state index contributed by atoms with van der Waals surface area (Å²) in [5.74, 6) is 1.73. The summed E-state index contributed by atoms with van der Waals surface area (Å²) in [5, 5.41) is 3.48. The third-order valence-electron chi connectivity index (χ3n) is 3.78. The van der Waals surface area contributed by atoms with Gasteiger partial charge in [0.2, 0.25) is 0 Å². The van der Waals surface area contributed by atoms with E-state index in [9.17, 15) is 0 Å². The van der Waals surface area contributed by atoms with Crippen LogP contribution in [0, 0.1) is 6.92 Å². The van der Waals surface area contributed by atoms with E-state index in [0.29, 0.717) is 0 Å². The number of hydrogen-bond acceptors (Lipinski definition) is 3. The molecule has 3 aromatic rings. The number of rotatable bonds is 6. The van der Waals surface area contributed by atoms with E-state index in [1.165, 1.54) is 12.0 Å². The van der Waals surface area contributed by atoms with Crippen molar-refractivity contribution in [1.82, 2.24) is 14.5 Å². The van der Waals surface area contributed by atoms with Gasteiger partial charge in [-0.1, -0.05) is 43.7 Å². The molecule has 0 unspecified atom stereocenters. The monoisotopic (exact) mass is 294 g/mol. The first kappa shape index (κ1) is 14.6. The Balaban J connectivity index is 1.91. The minimum absolute atomic E-state index is 0.769. The van der Waals surface area contributed by atoms with Gasteiger partial charge in [0.05, 0.1) is 5.52 Å². The zero-order valence-electron chi connectivity index (χ0n) is 13.2. The second-order valence-electron chi connectivity index (χ2n) is 5.56. The lowest BCUT2D eigenvalue weighted by atomic mass is 10.2. The number of nitrogens with one attached hydrogen (secondary N) is 1. The molecule has 4 heteroatoms. The first-order valence-electron chi connectivity index (χ1n) is 7.89. The molecule has 114 valence electrons. The predicted molar refractivity (Wildman–Crippen MR) is 90.9 cm³/mol. The third kappa shape index (κ3) is 3.11. The first-order valence-corrected chi connectivity index (χ1v) is 7.89. The van der Waals surface area contributed by atoms with E-state index < -0.39 is 0 Å². The van der Waals surface area contributed by atoms with Crippen molar-refractivity contribution >= 4 is 16.9 Å². The van der Waals surface area contributed by atoms with Crippen molar-refractivity contribution in [2.45, 2.75) is 39.8 Å². The SMILES string of the molecule is CCCCn1ccc2nc(C)nc(NCc3ccccc3)c21. The molecule has 0 bridgehead atoms. The van der Waals surface area contributed by atoms with Crippen LogP contribution >= 0.6 is 0 Å². The van der Waals surface area contributed by atoms with Gasteiger partial charge in [-0.2, -0.15) is 0 Å². The topological polar surface area (TPSA) is 42.7 Å². The number of benzene rings is 1. The molecule has 0 aliphatic carbocycles. The van der Waals surface area contributed by atoms with E-state index in [2.05, 4.69) is 63.3 Å². The molecule has 2 heterocycles. The summed E-state index contributed by atoms with van der Waals surface area (Å²) in [5.41, 5.74) is 3.37. The van der Waals surface area contributed by atoms with Crippen LogP contribution < -0.4 is 5.32 Å². The quantitative estimate of drug-likeness (QED) is 0.742. The molecule has 0 saturated carbocycles. The molecule has 3 rings (SSSR count). The lowest BCUT2D eigenvalue weighted by molar-refractivity contribution is 0.649. The molecule has 0 fully saturated rings. The minimum atomic E-state index is 0.769. The molecule has 0 radical (unpaired) electrons. The average molecular weight is 294 g/mol. The third-order valence-corrected chi connectivity index (χ3v) is 3.78. The summed E-state index contributed by atoms with van der Waals surface area (Å²) in [6, 6.07) is 12.5. The number of anilines is 1. The van der Waals surface area contributed by atoms with Crippen LogP contribution in [0.25, 0.3) is 11.0 Å². The largest absolute Gasteiger partial charge is 0.364 e. The molecule has 0 atom stereocenters. The van der Waals surface area contributed by atoms with Gasteiger partial charge in [-0.3, -0.25) is 0 Å². The maximum atomic E-state index is 4.61. The highest BCUT2D eigenvalue weighted by Crippen LogP contribution is 2.23. The van der Waals surface area contributed by atoms with Gasteiger partial charge >= 0.3 is 0 Å². The second-order valence-corrected chi connectivity index (χ2v) is 5.56. The van der Waals surface area contributed by atoms with Gasteiger partial charge in [-0.05, 0) is 25.0 Å². The van der Waals surface area contributed by atoms with Gasteiger partial charge in [-0.15, -0.1) is 0 Å². The predicted octanol–water partition coefficient (Wildman–Crippen LogP) is 4.15. The van der Waals surface area contributed by atoms with Crippen molar-refractivity contribution in [3.8, 4) is 0 Å². The van der Waals surface area contributed by atoms with Crippen LogP contribution in [0.3, 0.4) is 0 Å². The average Bonchev–Trinajstić information content (AvgIpc) is 2.94. The van der Waals surface area contributed by atoms with Crippen molar-refractivity contribution in [2.75, 3.05) is 5.32 Å². The van der Waals surface area contributed by atoms with Crippen LogP contribution in [0.15, 0.2) is 42.6 Å². The van der Waals surface area contributed by atoms with Crippen molar-refractivity contribution in [3.05, 3.63) is 54.0 Å². The Morgan fingerprint density at radius 2 is 1.91 bits per heavy atom. The number of aromatic nitrogens is 3. The molecule has 0 aliphatic heterocycles. The Kier molecular flexibility index (Phi) is 4.37. The highest BCUT2D eigenvalue weighted by atomic mass is 15.1. The summed E-state index contributed by atoms with van der Waals surface area (Å²) in [7, 11) is 0. The molecule has 4 nitrogen and oxygen atoms in total. The lowest BCUT2D eigenvalue weighted by Gasteiger charge is -2.11. The molecule has 0 saturated heterocycles. The molecule has 0 aliphatic rings. The van der Waals surface area contributed by atoms with E-state index >= 15 is 0 Å². The van der Waals surface area contributed by atoms with Gasteiger partial charge in [0, 0.05) is 19.3 Å². The maximum absolute atomic E-state index is 4.61. The van der Waals surface area contributed by atoms with Crippen LogP contribution in [0.5, 0.6) is 0 Å². The van der Waals surface area contributed by atoms with Crippen molar-refractivity contribution in [2.24, 2.45) is 0 Å². The number of aryl methyl sites for hydroxylation is 2. The molecule has 2 aromatic heterocycles. The fourth-order valence-electron chi connectivity index (χ4n) is 2.64. The van der Waals surface area contributed by atoms with Gasteiger partial charge in [0.25, 0.3) is 0 Å². The molecule has 0 amide bonds. The van der Waals surface area contributed by atoms with Crippen molar-refractivity contribution in [3.63, 3.8) is 0 Å². The van der Waals surface area contributed by atoms with Crippen LogP contribution in [0.1, 0.15) is 31.2 Å². The fourth-order valence-corrected chi connectivity index (χ4v) is 2.64. The smallest absolute Gasteiger partial charge is 0.154 e. The van der Waals surface area contributed by atoms with E-state index in [1.807, 2.05) is 13.0 Å². The zero-order chi connectivity index (χ0) is 15.4. The zero-order valence-corrected chi connectivity index (χ0v) is 13.2. The second kappa shape index (κ2) is 6.60. The van der Waals surface area contributed by atoms with Gasteiger partial charge in [-0.25, -0.2) is 9.97 Å². The normalized spacial score (nSPS) is 11.0. The Bertz CT molecular complexity index is 746. The fraction of sp³-hybridized carbons (Fsp3) is 0.333.